The Hall–Kier alpha value is -2.43. The summed E-state index contributed by atoms with van der Waals surface area (Å²) in [6.07, 6.45) is 2.88. The molecule has 0 aliphatic carbocycles. The molecule has 17 heavy (non-hydrogen) atoms. The molecule has 1 aromatic heterocycles. The number of phenols is 1. The second-order valence-corrected chi connectivity index (χ2v) is 3.48. The second-order valence-electron chi connectivity index (χ2n) is 3.48. The Labute approximate surface area is 98.1 Å². The Balaban J connectivity index is 1.95. The summed E-state index contributed by atoms with van der Waals surface area (Å²) < 4.78 is 0. The molecule has 2 rings (SSSR count). The Bertz CT molecular complexity index is 497. The quantitative estimate of drug-likeness (QED) is 0.826. The Morgan fingerprint density at radius 3 is 2.59 bits per heavy atom. The average Bonchev–Trinajstić information content (AvgIpc) is 2.39. The van der Waals surface area contributed by atoms with Gasteiger partial charge in [0.25, 0.3) is 5.91 Å². The summed E-state index contributed by atoms with van der Waals surface area (Å²) in [4.78, 5) is 11.7. The van der Waals surface area contributed by atoms with Crippen LogP contribution in [0.15, 0.2) is 42.7 Å². The van der Waals surface area contributed by atoms with Gasteiger partial charge in [-0.3, -0.25) is 4.79 Å². The Morgan fingerprint density at radius 2 is 1.94 bits per heavy atom. The van der Waals surface area contributed by atoms with Crippen molar-refractivity contribution in [1.29, 1.82) is 0 Å². The van der Waals surface area contributed by atoms with Crippen LogP contribution in [0.4, 0.5) is 0 Å². The molecule has 1 aromatic carbocycles. The van der Waals surface area contributed by atoms with Gasteiger partial charge in [0, 0.05) is 6.54 Å². The summed E-state index contributed by atoms with van der Waals surface area (Å²) >= 11 is 0. The summed E-state index contributed by atoms with van der Waals surface area (Å²) in [6.45, 7) is 0.404. The van der Waals surface area contributed by atoms with Crippen LogP contribution in [-0.2, 0) is 6.54 Å². The molecule has 1 amide bonds. The van der Waals surface area contributed by atoms with E-state index in [0.29, 0.717) is 12.1 Å². The van der Waals surface area contributed by atoms with Crippen molar-refractivity contribution in [2.24, 2.45) is 0 Å². The molecule has 0 saturated heterocycles. The van der Waals surface area contributed by atoms with Crippen molar-refractivity contribution in [3.05, 3.63) is 53.9 Å². The van der Waals surface area contributed by atoms with Crippen LogP contribution in [0.5, 0.6) is 5.75 Å². The third kappa shape index (κ3) is 3.01. The second kappa shape index (κ2) is 5.07. The minimum atomic E-state index is -0.201. The summed E-state index contributed by atoms with van der Waals surface area (Å²) in [5, 5.41) is 19.1. The van der Waals surface area contributed by atoms with Crippen molar-refractivity contribution in [1.82, 2.24) is 15.5 Å². The number of benzene rings is 1. The number of aromatic hydroxyl groups is 1. The third-order valence-corrected chi connectivity index (χ3v) is 2.24. The maximum absolute atomic E-state index is 11.7. The summed E-state index contributed by atoms with van der Waals surface area (Å²) in [7, 11) is 0. The molecular weight excluding hydrogens is 218 g/mol. The van der Waals surface area contributed by atoms with Crippen molar-refractivity contribution in [2.75, 3.05) is 0 Å². The van der Waals surface area contributed by atoms with Crippen LogP contribution >= 0.6 is 0 Å². The lowest BCUT2D eigenvalue weighted by Gasteiger charge is -2.04. The standard InChI is InChI=1S/C12H11N3O2/c16-11-3-1-9(2-4-11)7-13-12(17)10-5-6-14-15-8-10/h1-6,8,16H,7H2,(H,13,17). The summed E-state index contributed by atoms with van der Waals surface area (Å²) in [6, 6.07) is 8.25. The molecule has 0 atom stereocenters. The van der Waals surface area contributed by atoms with E-state index in [1.54, 1.807) is 30.3 Å². The predicted molar refractivity (Wildman–Crippen MR) is 61.3 cm³/mol. The molecule has 1 heterocycles. The van der Waals surface area contributed by atoms with E-state index >= 15 is 0 Å². The SMILES string of the molecule is O=C(NCc1ccc(O)cc1)c1ccnnc1. The number of phenolic OH excluding ortho intramolecular Hbond substituents is 1. The molecule has 86 valence electrons. The number of carbonyl (C=O) groups excluding carboxylic acids is 1. The maximum atomic E-state index is 11.7. The van der Waals surface area contributed by atoms with E-state index in [1.807, 2.05) is 0 Å². The van der Waals surface area contributed by atoms with E-state index in [2.05, 4.69) is 15.5 Å². The average molecular weight is 229 g/mol. The van der Waals surface area contributed by atoms with Gasteiger partial charge in [-0.25, -0.2) is 0 Å². The highest BCUT2D eigenvalue weighted by atomic mass is 16.3. The van der Waals surface area contributed by atoms with Gasteiger partial charge in [0.2, 0.25) is 0 Å². The first-order valence-electron chi connectivity index (χ1n) is 5.08. The van der Waals surface area contributed by atoms with Gasteiger partial charge < -0.3 is 10.4 Å². The minimum absolute atomic E-state index is 0.201. The molecule has 0 fully saturated rings. The van der Waals surface area contributed by atoms with E-state index in [1.165, 1.54) is 12.4 Å². The molecule has 0 spiro atoms. The van der Waals surface area contributed by atoms with Crippen LogP contribution in [0.2, 0.25) is 0 Å². The van der Waals surface area contributed by atoms with Crippen molar-refractivity contribution in [2.45, 2.75) is 6.54 Å². The summed E-state index contributed by atoms with van der Waals surface area (Å²) in [5.74, 6) is 0.00591. The van der Waals surface area contributed by atoms with Gasteiger partial charge in [-0.05, 0) is 23.8 Å². The summed E-state index contributed by atoms with van der Waals surface area (Å²) in [5.41, 5.74) is 1.39. The van der Waals surface area contributed by atoms with Gasteiger partial charge >= 0.3 is 0 Å². The Morgan fingerprint density at radius 1 is 1.18 bits per heavy atom. The van der Waals surface area contributed by atoms with Crippen molar-refractivity contribution >= 4 is 5.91 Å². The van der Waals surface area contributed by atoms with Gasteiger partial charge in [0.05, 0.1) is 18.0 Å². The molecule has 5 nitrogen and oxygen atoms in total. The number of hydrogen-bond donors (Lipinski definition) is 2. The predicted octanol–water partition coefficient (Wildman–Crippen LogP) is 1.11. The number of amides is 1. The molecule has 2 aromatic rings. The molecule has 0 aliphatic rings. The zero-order chi connectivity index (χ0) is 12.1. The highest BCUT2D eigenvalue weighted by molar-refractivity contribution is 5.93. The highest BCUT2D eigenvalue weighted by Crippen LogP contribution is 2.09. The van der Waals surface area contributed by atoms with Crippen LogP contribution in [0.3, 0.4) is 0 Å². The highest BCUT2D eigenvalue weighted by Gasteiger charge is 2.04. The molecule has 5 heteroatoms. The topological polar surface area (TPSA) is 75.1 Å². The van der Waals surface area contributed by atoms with E-state index < -0.39 is 0 Å². The number of rotatable bonds is 3. The van der Waals surface area contributed by atoms with Crippen LogP contribution in [0, 0.1) is 0 Å². The fraction of sp³-hybridized carbons (Fsp3) is 0.0833. The molecule has 0 aliphatic heterocycles. The minimum Gasteiger partial charge on any atom is -0.508 e. The van der Waals surface area contributed by atoms with Crippen LogP contribution in [0.1, 0.15) is 15.9 Å². The number of hydrogen-bond acceptors (Lipinski definition) is 4. The fourth-order valence-corrected chi connectivity index (χ4v) is 1.32. The smallest absolute Gasteiger partial charge is 0.253 e. The largest absolute Gasteiger partial charge is 0.508 e. The number of nitrogens with zero attached hydrogens (tertiary/aromatic N) is 2. The zero-order valence-corrected chi connectivity index (χ0v) is 9.00. The van der Waals surface area contributed by atoms with E-state index in [-0.39, 0.29) is 11.7 Å². The zero-order valence-electron chi connectivity index (χ0n) is 9.00. The van der Waals surface area contributed by atoms with Gasteiger partial charge in [0.15, 0.2) is 0 Å². The monoisotopic (exact) mass is 229 g/mol. The van der Waals surface area contributed by atoms with E-state index in [0.717, 1.165) is 5.56 Å². The number of nitrogens with one attached hydrogen (secondary N) is 1. The Kier molecular flexibility index (Phi) is 3.30. The van der Waals surface area contributed by atoms with Gasteiger partial charge in [-0.1, -0.05) is 12.1 Å². The number of carbonyl (C=O) groups is 1. The van der Waals surface area contributed by atoms with Crippen LogP contribution in [0.25, 0.3) is 0 Å². The van der Waals surface area contributed by atoms with Gasteiger partial charge in [-0.2, -0.15) is 10.2 Å². The van der Waals surface area contributed by atoms with Crippen molar-refractivity contribution in [3.63, 3.8) is 0 Å². The lowest BCUT2D eigenvalue weighted by molar-refractivity contribution is 0.0950. The number of aromatic nitrogens is 2. The van der Waals surface area contributed by atoms with Gasteiger partial charge in [-0.15, -0.1) is 0 Å². The third-order valence-electron chi connectivity index (χ3n) is 2.24. The molecule has 0 unspecified atom stereocenters. The van der Waals surface area contributed by atoms with E-state index in [9.17, 15) is 4.79 Å². The molecule has 2 N–H and O–H groups in total. The normalized spacial score (nSPS) is 9.88. The molecule has 0 saturated carbocycles. The first-order chi connectivity index (χ1) is 8.25. The lowest BCUT2D eigenvalue weighted by Crippen LogP contribution is -2.22. The first kappa shape index (κ1) is 11.1. The van der Waals surface area contributed by atoms with Crippen LogP contribution in [-0.4, -0.2) is 21.2 Å². The first-order valence-corrected chi connectivity index (χ1v) is 5.08. The van der Waals surface area contributed by atoms with Crippen molar-refractivity contribution < 1.29 is 9.90 Å². The van der Waals surface area contributed by atoms with E-state index in [4.69, 9.17) is 5.11 Å². The fourth-order valence-electron chi connectivity index (χ4n) is 1.32. The molecule has 0 radical (unpaired) electrons. The lowest BCUT2D eigenvalue weighted by atomic mass is 10.2. The maximum Gasteiger partial charge on any atom is 0.253 e. The molecule has 0 bridgehead atoms. The van der Waals surface area contributed by atoms with Crippen molar-refractivity contribution in [3.8, 4) is 5.75 Å². The molecular formula is C12H11N3O2. The van der Waals surface area contributed by atoms with Crippen LogP contribution < -0.4 is 5.32 Å². The van der Waals surface area contributed by atoms with Gasteiger partial charge in [0.1, 0.15) is 5.75 Å².